The van der Waals surface area contributed by atoms with Gasteiger partial charge in [-0.05, 0) is 45.4 Å². The molecule has 1 fully saturated rings. The number of benzene rings is 1. The van der Waals surface area contributed by atoms with Gasteiger partial charge in [0.1, 0.15) is 10.7 Å². The molecule has 2 rings (SSSR count). The van der Waals surface area contributed by atoms with Gasteiger partial charge < -0.3 is 10.6 Å². The Morgan fingerprint density at radius 3 is 2.67 bits per heavy atom. The van der Waals surface area contributed by atoms with Gasteiger partial charge in [-0.15, -0.1) is 12.4 Å². The number of carbonyl (C=O) groups excluding carboxylic acids is 1. The van der Waals surface area contributed by atoms with Gasteiger partial charge in [0.05, 0.1) is 6.04 Å². The molecule has 3 unspecified atom stereocenters. The first-order chi connectivity index (χ1) is 10.8. The first kappa shape index (κ1) is 20.8. The highest BCUT2D eigenvalue weighted by Crippen LogP contribution is 2.14. The minimum atomic E-state index is -4.08. The third-order valence-electron chi connectivity index (χ3n) is 3.82. The van der Waals surface area contributed by atoms with E-state index < -0.39 is 32.7 Å². The van der Waals surface area contributed by atoms with Gasteiger partial charge in [0, 0.05) is 12.1 Å². The largest absolute Gasteiger partial charge is 0.352 e. The molecule has 0 saturated carbocycles. The SMILES string of the molecule is CC1CC(NC(=O)C(C)NS(=O)(=O)c2ccccc2F)CCN1.Cl. The fraction of sp³-hybridized carbons (Fsp3) is 0.533. The van der Waals surface area contributed by atoms with E-state index in [1.807, 2.05) is 6.92 Å². The summed E-state index contributed by atoms with van der Waals surface area (Å²) in [5.74, 6) is -1.26. The van der Waals surface area contributed by atoms with Crippen molar-refractivity contribution in [2.24, 2.45) is 0 Å². The standard InChI is InChI=1S/C15H22FN3O3S.ClH/c1-10-9-12(7-8-17-10)18-15(20)11(2)19-23(21,22)14-6-4-3-5-13(14)16;/h3-6,10-12,17,19H,7-9H2,1-2H3,(H,18,20);1H. The fourth-order valence-corrected chi connectivity index (χ4v) is 3.88. The monoisotopic (exact) mass is 379 g/mol. The summed E-state index contributed by atoms with van der Waals surface area (Å²) in [6, 6.07) is 4.40. The summed E-state index contributed by atoms with van der Waals surface area (Å²) in [6.45, 7) is 4.28. The molecule has 3 atom stereocenters. The Labute approximate surface area is 148 Å². The summed E-state index contributed by atoms with van der Waals surface area (Å²) in [7, 11) is -4.08. The summed E-state index contributed by atoms with van der Waals surface area (Å²) in [5, 5.41) is 6.11. The number of hydrogen-bond donors (Lipinski definition) is 3. The minimum Gasteiger partial charge on any atom is -0.352 e. The predicted molar refractivity (Wildman–Crippen MR) is 92.1 cm³/mol. The van der Waals surface area contributed by atoms with Crippen LogP contribution in [0.3, 0.4) is 0 Å². The summed E-state index contributed by atoms with van der Waals surface area (Å²) in [4.78, 5) is 11.7. The van der Waals surface area contributed by atoms with E-state index in [0.29, 0.717) is 6.04 Å². The molecule has 0 bridgehead atoms. The van der Waals surface area contributed by atoms with Gasteiger partial charge >= 0.3 is 0 Å². The average Bonchev–Trinajstić information content (AvgIpc) is 2.47. The van der Waals surface area contributed by atoms with Gasteiger partial charge in [-0.1, -0.05) is 12.1 Å². The van der Waals surface area contributed by atoms with E-state index in [1.165, 1.54) is 19.1 Å². The maximum atomic E-state index is 13.6. The molecule has 1 aromatic carbocycles. The van der Waals surface area contributed by atoms with E-state index in [2.05, 4.69) is 15.4 Å². The highest BCUT2D eigenvalue weighted by atomic mass is 35.5. The van der Waals surface area contributed by atoms with Crippen molar-refractivity contribution < 1.29 is 17.6 Å². The highest BCUT2D eigenvalue weighted by molar-refractivity contribution is 7.89. The lowest BCUT2D eigenvalue weighted by molar-refractivity contribution is -0.123. The number of halogens is 2. The number of amides is 1. The molecule has 136 valence electrons. The van der Waals surface area contributed by atoms with Crippen LogP contribution in [0.15, 0.2) is 29.2 Å². The molecule has 0 aromatic heterocycles. The van der Waals surface area contributed by atoms with Crippen molar-refractivity contribution >= 4 is 28.3 Å². The highest BCUT2D eigenvalue weighted by Gasteiger charge is 2.27. The van der Waals surface area contributed by atoms with E-state index in [1.54, 1.807) is 0 Å². The number of rotatable bonds is 5. The molecule has 3 N–H and O–H groups in total. The van der Waals surface area contributed by atoms with Gasteiger partial charge in [-0.25, -0.2) is 12.8 Å². The maximum absolute atomic E-state index is 13.6. The van der Waals surface area contributed by atoms with E-state index in [4.69, 9.17) is 0 Å². The molecule has 24 heavy (non-hydrogen) atoms. The summed E-state index contributed by atoms with van der Waals surface area (Å²) < 4.78 is 40.2. The predicted octanol–water partition coefficient (Wildman–Crippen LogP) is 1.17. The number of carbonyl (C=O) groups is 1. The Bertz CT molecular complexity index is 672. The van der Waals surface area contributed by atoms with Crippen LogP contribution in [0.25, 0.3) is 0 Å². The van der Waals surface area contributed by atoms with Crippen LogP contribution in [0.1, 0.15) is 26.7 Å². The van der Waals surface area contributed by atoms with Gasteiger partial charge in [-0.2, -0.15) is 4.72 Å². The molecule has 0 radical (unpaired) electrons. The molecule has 1 aliphatic heterocycles. The Morgan fingerprint density at radius 2 is 2.04 bits per heavy atom. The number of hydrogen-bond acceptors (Lipinski definition) is 4. The number of nitrogens with one attached hydrogen (secondary N) is 3. The molecule has 0 spiro atoms. The van der Waals surface area contributed by atoms with Crippen molar-refractivity contribution in [2.75, 3.05) is 6.54 Å². The normalized spacial score (nSPS) is 22.3. The fourth-order valence-electron chi connectivity index (χ4n) is 2.60. The van der Waals surface area contributed by atoms with Crippen LogP contribution in [0.5, 0.6) is 0 Å². The van der Waals surface area contributed by atoms with Crippen LogP contribution in [0.2, 0.25) is 0 Å². The first-order valence-electron chi connectivity index (χ1n) is 7.60. The van der Waals surface area contributed by atoms with Crippen LogP contribution < -0.4 is 15.4 Å². The number of piperidine rings is 1. The third-order valence-corrected chi connectivity index (χ3v) is 5.40. The van der Waals surface area contributed by atoms with E-state index >= 15 is 0 Å². The zero-order valence-corrected chi connectivity index (χ0v) is 15.2. The Kier molecular flexibility index (Phi) is 7.59. The lowest BCUT2D eigenvalue weighted by Crippen LogP contribution is -2.52. The lowest BCUT2D eigenvalue weighted by atomic mass is 10.0. The van der Waals surface area contributed by atoms with Crippen LogP contribution in [0.4, 0.5) is 4.39 Å². The van der Waals surface area contributed by atoms with Crippen molar-refractivity contribution in [1.29, 1.82) is 0 Å². The molecule has 1 amide bonds. The molecule has 1 saturated heterocycles. The van der Waals surface area contributed by atoms with Crippen molar-refractivity contribution in [3.63, 3.8) is 0 Å². The molecule has 1 heterocycles. The first-order valence-corrected chi connectivity index (χ1v) is 9.08. The molecular weight excluding hydrogens is 357 g/mol. The second-order valence-electron chi connectivity index (χ2n) is 5.86. The van der Waals surface area contributed by atoms with E-state index in [-0.39, 0.29) is 18.4 Å². The zero-order valence-electron chi connectivity index (χ0n) is 13.6. The second kappa shape index (κ2) is 8.75. The van der Waals surface area contributed by atoms with Crippen LogP contribution in [-0.2, 0) is 14.8 Å². The molecule has 1 aromatic rings. The van der Waals surface area contributed by atoms with Crippen molar-refractivity contribution in [3.8, 4) is 0 Å². The lowest BCUT2D eigenvalue weighted by Gasteiger charge is -2.29. The Morgan fingerprint density at radius 1 is 1.38 bits per heavy atom. The second-order valence-corrected chi connectivity index (χ2v) is 7.54. The van der Waals surface area contributed by atoms with Gasteiger partial charge in [-0.3, -0.25) is 4.79 Å². The average molecular weight is 380 g/mol. The van der Waals surface area contributed by atoms with Gasteiger partial charge in [0.25, 0.3) is 0 Å². The topological polar surface area (TPSA) is 87.3 Å². The van der Waals surface area contributed by atoms with Crippen molar-refractivity contribution in [1.82, 2.24) is 15.4 Å². The van der Waals surface area contributed by atoms with E-state index in [0.717, 1.165) is 31.5 Å². The van der Waals surface area contributed by atoms with Crippen molar-refractivity contribution in [3.05, 3.63) is 30.1 Å². The van der Waals surface area contributed by atoms with Crippen LogP contribution >= 0.6 is 12.4 Å². The molecule has 1 aliphatic rings. The quantitative estimate of drug-likeness (QED) is 0.716. The Balaban J connectivity index is 0.00000288. The molecule has 9 heteroatoms. The molecule has 0 aliphatic carbocycles. The van der Waals surface area contributed by atoms with Gasteiger partial charge in [0.15, 0.2) is 0 Å². The summed E-state index contributed by atoms with van der Waals surface area (Å²) >= 11 is 0. The molecule has 6 nitrogen and oxygen atoms in total. The smallest absolute Gasteiger partial charge is 0.244 e. The molecular formula is C15H23ClFN3O3S. The number of sulfonamides is 1. The minimum absolute atomic E-state index is 0. The van der Waals surface area contributed by atoms with Crippen LogP contribution in [0, 0.1) is 5.82 Å². The van der Waals surface area contributed by atoms with Crippen molar-refractivity contribution in [2.45, 2.75) is 49.7 Å². The zero-order chi connectivity index (χ0) is 17.0. The third kappa shape index (κ3) is 5.41. The maximum Gasteiger partial charge on any atom is 0.244 e. The Hall–Kier alpha value is -1.22. The van der Waals surface area contributed by atoms with Gasteiger partial charge in [0.2, 0.25) is 15.9 Å². The summed E-state index contributed by atoms with van der Waals surface area (Å²) in [6.07, 6.45) is 1.58. The van der Waals surface area contributed by atoms with E-state index in [9.17, 15) is 17.6 Å². The summed E-state index contributed by atoms with van der Waals surface area (Å²) in [5.41, 5.74) is 0. The van der Waals surface area contributed by atoms with Crippen LogP contribution in [-0.4, -0.2) is 39.0 Å².